The fraction of sp³-hybridized carbons (Fsp3) is 0.769. The van der Waals surface area contributed by atoms with Crippen LogP contribution in [0.3, 0.4) is 0 Å². The van der Waals surface area contributed by atoms with Crippen LogP contribution in [0.2, 0.25) is 0 Å². The SMILES string of the molecule is CCC(C)N(C)CCNS(=O)(=O)c1c(CNC)n[nH]c1C. The van der Waals surface area contributed by atoms with Gasteiger partial charge in [0.2, 0.25) is 10.0 Å². The molecule has 3 N–H and O–H groups in total. The number of aromatic amines is 1. The van der Waals surface area contributed by atoms with E-state index in [-0.39, 0.29) is 4.90 Å². The third-order valence-corrected chi connectivity index (χ3v) is 5.34. The molecule has 0 spiro atoms. The highest BCUT2D eigenvalue weighted by Gasteiger charge is 2.23. The van der Waals surface area contributed by atoms with Crippen LogP contribution in [0.15, 0.2) is 4.90 Å². The summed E-state index contributed by atoms with van der Waals surface area (Å²) in [5, 5.41) is 9.70. The van der Waals surface area contributed by atoms with Gasteiger partial charge in [-0.1, -0.05) is 6.92 Å². The van der Waals surface area contributed by atoms with Crippen LogP contribution in [0.1, 0.15) is 31.7 Å². The van der Waals surface area contributed by atoms with Crippen molar-refractivity contribution in [3.05, 3.63) is 11.4 Å². The van der Waals surface area contributed by atoms with Crippen molar-refractivity contribution < 1.29 is 8.42 Å². The van der Waals surface area contributed by atoms with Gasteiger partial charge < -0.3 is 10.2 Å². The summed E-state index contributed by atoms with van der Waals surface area (Å²) < 4.78 is 27.5. The molecule has 0 bridgehead atoms. The number of sulfonamides is 1. The topological polar surface area (TPSA) is 90.1 Å². The predicted octanol–water partition coefficient (Wildman–Crippen LogP) is 0.446. The Hall–Kier alpha value is -0.960. The number of hydrogen-bond donors (Lipinski definition) is 3. The van der Waals surface area contributed by atoms with E-state index in [4.69, 9.17) is 0 Å². The Morgan fingerprint density at radius 1 is 1.43 bits per heavy atom. The van der Waals surface area contributed by atoms with E-state index in [0.717, 1.165) is 6.42 Å². The minimum Gasteiger partial charge on any atom is -0.314 e. The lowest BCUT2D eigenvalue weighted by molar-refractivity contribution is 0.256. The summed E-state index contributed by atoms with van der Waals surface area (Å²) in [7, 11) is 0.218. The maximum Gasteiger partial charge on any atom is 0.244 e. The molecule has 7 nitrogen and oxygen atoms in total. The molecule has 0 aromatic carbocycles. The Kier molecular flexibility index (Phi) is 6.79. The largest absolute Gasteiger partial charge is 0.314 e. The van der Waals surface area contributed by atoms with Crippen molar-refractivity contribution in [1.82, 2.24) is 25.1 Å². The summed E-state index contributed by atoms with van der Waals surface area (Å²) in [6.07, 6.45) is 1.04. The van der Waals surface area contributed by atoms with E-state index in [2.05, 4.69) is 39.0 Å². The Morgan fingerprint density at radius 3 is 2.67 bits per heavy atom. The summed E-state index contributed by atoms with van der Waals surface area (Å²) in [6, 6.07) is 0.435. The standard InChI is InChI=1S/C13H27N5O2S/c1-6-10(2)18(5)8-7-15-21(19,20)13-11(3)16-17-12(13)9-14-4/h10,14-15H,6-9H2,1-5H3,(H,16,17). The van der Waals surface area contributed by atoms with E-state index in [1.165, 1.54) is 0 Å². The average Bonchev–Trinajstić information content (AvgIpc) is 2.79. The van der Waals surface area contributed by atoms with Crippen molar-refractivity contribution in [2.45, 2.75) is 44.7 Å². The number of nitrogens with one attached hydrogen (secondary N) is 3. The van der Waals surface area contributed by atoms with E-state index >= 15 is 0 Å². The second kappa shape index (κ2) is 7.88. The summed E-state index contributed by atoms with van der Waals surface area (Å²) >= 11 is 0. The summed E-state index contributed by atoms with van der Waals surface area (Å²) in [4.78, 5) is 2.39. The second-order valence-electron chi connectivity index (χ2n) is 5.29. The molecule has 8 heteroatoms. The van der Waals surface area contributed by atoms with Crippen LogP contribution >= 0.6 is 0 Å². The molecule has 0 saturated carbocycles. The van der Waals surface area contributed by atoms with Gasteiger partial charge in [-0.05, 0) is 34.4 Å². The lowest BCUT2D eigenvalue weighted by Crippen LogP contribution is -2.37. The molecule has 1 heterocycles. The Labute approximate surface area is 127 Å². The lowest BCUT2D eigenvalue weighted by atomic mass is 10.2. The van der Waals surface area contributed by atoms with Gasteiger partial charge in [0.05, 0.1) is 11.4 Å². The number of aromatic nitrogens is 2. The van der Waals surface area contributed by atoms with Crippen LogP contribution in [0.25, 0.3) is 0 Å². The Bertz CT molecular complexity index is 541. The quantitative estimate of drug-likeness (QED) is 0.615. The Morgan fingerprint density at radius 2 is 2.10 bits per heavy atom. The van der Waals surface area contributed by atoms with Crippen LogP contribution in [-0.4, -0.2) is 56.7 Å². The number of hydrogen-bond acceptors (Lipinski definition) is 5. The molecule has 1 atom stereocenters. The van der Waals surface area contributed by atoms with Gasteiger partial charge in [0, 0.05) is 25.7 Å². The van der Waals surface area contributed by atoms with E-state index in [1.807, 2.05) is 7.05 Å². The van der Waals surface area contributed by atoms with Gasteiger partial charge in [-0.25, -0.2) is 13.1 Å². The first-order chi connectivity index (χ1) is 9.83. The highest BCUT2D eigenvalue weighted by molar-refractivity contribution is 7.89. The molecule has 0 aliphatic rings. The van der Waals surface area contributed by atoms with E-state index in [9.17, 15) is 8.42 Å². The van der Waals surface area contributed by atoms with E-state index in [1.54, 1.807) is 14.0 Å². The third kappa shape index (κ3) is 4.77. The van der Waals surface area contributed by atoms with Crippen LogP contribution in [-0.2, 0) is 16.6 Å². The smallest absolute Gasteiger partial charge is 0.244 e. The van der Waals surface area contributed by atoms with Crippen molar-refractivity contribution >= 4 is 10.0 Å². The number of rotatable bonds is 9. The van der Waals surface area contributed by atoms with E-state index < -0.39 is 10.0 Å². The fourth-order valence-corrected chi connectivity index (χ4v) is 3.45. The molecule has 1 aromatic rings. The van der Waals surface area contributed by atoms with Gasteiger partial charge >= 0.3 is 0 Å². The molecule has 0 aliphatic heterocycles. The maximum absolute atomic E-state index is 12.4. The molecule has 122 valence electrons. The van der Waals surface area contributed by atoms with E-state index in [0.29, 0.717) is 37.1 Å². The molecule has 0 aliphatic carbocycles. The minimum atomic E-state index is -3.54. The molecular formula is C13H27N5O2S. The van der Waals surface area contributed by atoms with Crippen LogP contribution in [0.5, 0.6) is 0 Å². The number of aryl methyl sites for hydroxylation is 1. The van der Waals surface area contributed by atoms with Crippen molar-refractivity contribution in [2.75, 3.05) is 27.2 Å². The minimum absolute atomic E-state index is 0.253. The monoisotopic (exact) mass is 317 g/mol. The molecule has 21 heavy (non-hydrogen) atoms. The zero-order valence-electron chi connectivity index (χ0n) is 13.5. The molecule has 1 rings (SSSR count). The van der Waals surface area contributed by atoms with Gasteiger partial charge in [-0.2, -0.15) is 5.10 Å². The number of nitrogens with zero attached hydrogens (tertiary/aromatic N) is 2. The summed E-state index contributed by atoms with van der Waals surface area (Å²) in [5.74, 6) is 0. The van der Waals surface area contributed by atoms with Gasteiger partial charge in [0.1, 0.15) is 4.90 Å². The molecule has 1 unspecified atom stereocenters. The summed E-state index contributed by atoms with van der Waals surface area (Å²) in [5.41, 5.74) is 1.07. The normalized spacial score (nSPS) is 13.8. The number of likely N-dealkylation sites (N-methyl/N-ethyl adjacent to an activating group) is 1. The molecule has 0 radical (unpaired) electrons. The molecule has 0 saturated heterocycles. The second-order valence-corrected chi connectivity index (χ2v) is 6.99. The molecule has 0 amide bonds. The predicted molar refractivity (Wildman–Crippen MR) is 83.7 cm³/mol. The van der Waals surface area contributed by atoms with Crippen LogP contribution in [0.4, 0.5) is 0 Å². The van der Waals surface area contributed by atoms with Crippen molar-refractivity contribution in [1.29, 1.82) is 0 Å². The van der Waals surface area contributed by atoms with Crippen LogP contribution in [0, 0.1) is 6.92 Å². The first kappa shape index (κ1) is 18.1. The van der Waals surface area contributed by atoms with Crippen molar-refractivity contribution in [2.24, 2.45) is 0 Å². The van der Waals surface area contributed by atoms with Gasteiger partial charge in [0.15, 0.2) is 0 Å². The zero-order valence-corrected chi connectivity index (χ0v) is 14.3. The zero-order chi connectivity index (χ0) is 16.0. The fourth-order valence-electron chi connectivity index (χ4n) is 2.07. The first-order valence-corrected chi connectivity index (χ1v) is 8.70. The highest BCUT2D eigenvalue weighted by atomic mass is 32.2. The molecule has 0 fully saturated rings. The third-order valence-electron chi connectivity index (χ3n) is 3.67. The van der Waals surface area contributed by atoms with Gasteiger partial charge in [0.25, 0.3) is 0 Å². The number of H-pyrrole nitrogens is 1. The van der Waals surface area contributed by atoms with Crippen molar-refractivity contribution in [3.8, 4) is 0 Å². The van der Waals surface area contributed by atoms with Crippen LogP contribution < -0.4 is 10.0 Å². The lowest BCUT2D eigenvalue weighted by Gasteiger charge is -2.23. The summed E-state index contributed by atoms with van der Waals surface area (Å²) in [6.45, 7) is 7.42. The Balaban J connectivity index is 2.72. The van der Waals surface area contributed by atoms with Gasteiger partial charge in [-0.3, -0.25) is 5.10 Å². The first-order valence-electron chi connectivity index (χ1n) is 7.21. The molecular weight excluding hydrogens is 290 g/mol. The highest BCUT2D eigenvalue weighted by Crippen LogP contribution is 2.17. The van der Waals surface area contributed by atoms with Crippen molar-refractivity contribution in [3.63, 3.8) is 0 Å². The average molecular weight is 317 g/mol. The molecule has 1 aromatic heterocycles. The maximum atomic E-state index is 12.4. The van der Waals surface area contributed by atoms with Gasteiger partial charge in [-0.15, -0.1) is 0 Å².